The van der Waals surface area contributed by atoms with Gasteiger partial charge >= 0.3 is 5.97 Å². The number of nitrogens with zero attached hydrogens (tertiary/aromatic N) is 1. The van der Waals surface area contributed by atoms with Gasteiger partial charge in [0.15, 0.2) is 0 Å². The number of rotatable bonds is 3. The number of carboxylic acid groups (broad SMARTS) is 1. The normalized spacial score (nSPS) is 14.1. The first-order valence-electron chi connectivity index (χ1n) is 3.70. The number of nitrogens with two attached hydrogens (primary N) is 1. The van der Waals surface area contributed by atoms with E-state index in [-0.39, 0.29) is 5.71 Å². The molecule has 12 heavy (non-hydrogen) atoms. The van der Waals surface area contributed by atoms with Crippen molar-refractivity contribution in [2.75, 3.05) is 7.05 Å². The maximum absolute atomic E-state index is 10.6. The molecule has 0 rings (SSSR count). The number of carbonyl (C=O) groups is 1. The predicted octanol–water partition coefficient (Wildman–Crippen LogP) is 0.785. The summed E-state index contributed by atoms with van der Waals surface area (Å²) in [5, 5.41) is 8.67. The van der Waals surface area contributed by atoms with E-state index in [1.807, 2.05) is 6.92 Å². The second kappa shape index (κ2) is 4.54. The minimum Gasteiger partial charge on any atom is -0.477 e. The molecule has 0 bridgehead atoms. The molecule has 0 atom stereocenters. The van der Waals surface area contributed by atoms with Crippen LogP contribution in [0.1, 0.15) is 20.3 Å². The molecule has 0 aliphatic rings. The van der Waals surface area contributed by atoms with E-state index in [9.17, 15) is 4.79 Å². The Morgan fingerprint density at radius 3 is 2.33 bits per heavy atom. The lowest BCUT2D eigenvalue weighted by atomic mass is 10.1. The first-order chi connectivity index (χ1) is 5.54. The van der Waals surface area contributed by atoms with Crippen molar-refractivity contribution in [2.45, 2.75) is 20.3 Å². The summed E-state index contributed by atoms with van der Waals surface area (Å²) in [4.78, 5) is 14.2. The molecule has 3 N–H and O–H groups in total. The fourth-order valence-corrected chi connectivity index (χ4v) is 0.841. The quantitative estimate of drug-likeness (QED) is 0.614. The molecule has 4 heteroatoms. The van der Waals surface area contributed by atoms with Crippen LogP contribution in [-0.2, 0) is 4.79 Å². The van der Waals surface area contributed by atoms with Crippen molar-refractivity contribution >= 4 is 11.7 Å². The fourth-order valence-electron chi connectivity index (χ4n) is 0.841. The second-order valence-electron chi connectivity index (χ2n) is 2.38. The molecule has 4 nitrogen and oxygen atoms in total. The summed E-state index contributed by atoms with van der Waals surface area (Å²) in [5.41, 5.74) is 6.72. The highest BCUT2D eigenvalue weighted by atomic mass is 16.4. The molecule has 0 heterocycles. The van der Waals surface area contributed by atoms with Gasteiger partial charge in [-0.25, -0.2) is 4.79 Å². The van der Waals surface area contributed by atoms with Crippen LogP contribution in [0, 0.1) is 0 Å². The molecule has 0 aliphatic heterocycles. The van der Waals surface area contributed by atoms with E-state index in [2.05, 4.69) is 4.99 Å². The van der Waals surface area contributed by atoms with Crippen molar-refractivity contribution in [1.82, 2.24) is 0 Å². The summed E-state index contributed by atoms with van der Waals surface area (Å²) < 4.78 is 0. The van der Waals surface area contributed by atoms with Crippen molar-refractivity contribution < 1.29 is 9.90 Å². The molecular weight excluding hydrogens is 156 g/mol. The smallest absolute Gasteiger partial charge is 0.354 e. The minimum absolute atomic E-state index is 0.0364. The third-order valence-corrected chi connectivity index (χ3v) is 1.64. The minimum atomic E-state index is -1.04. The summed E-state index contributed by atoms with van der Waals surface area (Å²) in [7, 11) is 1.44. The van der Waals surface area contributed by atoms with E-state index in [1.165, 1.54) is 7.05 Å². The van der Waals surface area contributed by atoms with Gasteiger partial charge in [0.2, 0.25) is 0 Å². The standard InChI is InChI=1S/C8H14N2O2/c1-4-6(9)5(2)7(10-3)8(11)12/h4,9H2,1-3H3,(H,11,12)/b6-5-,10-7?. The number of hydrogen-bond acceptors (Lipinski definition) is 3. The maximum atomic E-state index is 10.6. The first kappa shape index (κ1) is 10.7. The first-order valence-corrected chi connectivity index (χ1v) is 3.70. The number of carboxylic acids is 1. The van der Waals surface area contributed by atoms with E-state index in [0.29, 0.717) is 17.7 Å². The molecule has 0 aromatic carbocycles. The SMILES string of the molecule is CC/C(N)=C(\C)C(=NC)C(=O)O. The lowest BCUT2D eigenvalue weighted by Gasteiger charge is -2.04. The Bertz CT molecular complexity index is 241. The maximum Gasteiger partial charge on any atom is 0.354 e. The van der Waals surface area contributed by atoms with Crippen LogP contribution in [0.3, 0.4) is 0 Å². The van der Waals surface area contributed by atoms with E-state index in [4.69, 9.17) is 10.8 Å². The van der Waals surface area contributed by atoms with E-state index < -0.39 is 5.97 Å². The zero-order valence-electron chi connectivity index (χ0n) is 7.59. The van der Waals surface area contributed by atoms with Gasteiger partial charge in [0.1, 0.15) is 5.71 Å². The highest BCUT2D eigenvalue weighted by Crippen LogP contribution is 2.04. The second-order valence-corrected chi connectivity index (χ2v) is 2.38. The lowest BCUT2D eigenvalue weighted by molar-refractivity contribution is -0.129. The molecule has 0 spiro atoms. The molecule has 0 saturated heterocycles. The fraction of sp³-hybridized carbons (Fsp3) is 0.500. The van der Waals surface area contributed by atoms with Crippen LogP contribution in [0.2, 0.25) is 0 Å². The average molecular weight is 170 g/mol. The number of aliphatic imine (C=N–C) groups is 1. The van der Waals surface area contributed by atoms with Crippen LogP contribution < -0.4 is 5.73 Å². The molecule has 0 unspecified atom stereocenters. The highest BCUT2D eigenvalue weighted by molar-refractivity contribution is 6.42. The largest absolute Gasteiger partial charge is 0.477 e. The van der Waals surface area contributed by atoms with Crippen molar-refractivity contribution in [3.63, 3.8) is 0 Å². The summed E-state index contributed by atoms with van der Waals surface area (Å²) in [5.74, 6) is -1.04. The molecule has 0 aliphatic carbocycles. The van der Waals surface area contributed by atoms with Gasteiger partial charge in [0.05, 0.1) is 0 Å². The van der Waals surface area contributed by atoms with E-state index in [1.54, 1.807) is 6.92 Å². The van der Waals surface area contributed by atoms with Crippen LogP contribution in [0.5, 0.6) is 0 Å². The summed E-state index contributed by atoms with van der Waals surface area (Å²) >= 11 is 0. The number of allylic oxidation sites excluding steroid dienone is 1. The van der Waals surface area contributed by atoms with Gasteiger partial charge < -0.3 is 10.8 Å². The van der Waals surface area contributed by atoms with Crippen LogP contribution in [-0.4, -0.2) is 23.8 Å². The van der Waals surface area contributed by atoms with E-state index >= 15 is 0 Å². The van der Waals surface area contributed by atoms with Gasteiger partial charge in [-0.3, -0.25) is 4.99 Å². The van der Waals surface area contributed by atoms with Gasteiger partial charge in [-0.15, -0.1) is 0 Å². The Labute approximate surface area is 71.8 Å². The van der Waals surface area contributed by atoms with Gasteiger partial charge in [-0.1, -0.05) is 6.92 Å². The molecule has 0 amide bonds. The Morgan fingerprint density at radius 1 is 1.58 bits per heavy atom. The molecule has 0 aromatic rings. The van der Waals surface area contributed by atoms with Gasteiger partial charge in [0.25, 0.3) is 0 Å². The predicted molar refractivity (Wildman–Crippen MR) is 48.2 cm³/mol. The van der Waals surface area contributed by atoms with Gasteiger partial charge in [0, 0.05) is 18.3 Å². The van der Waals surface area contributed by atoms with Crippen LogP contribution in [0.4, 0.5) is 0 Å². The molecule has 0 aromatic heterocycles. The average Bonchev–Trinajstić information content (AvgIpc) is 2.03. The Balaban J connectivity index is 4.90. The Kier molecular flexibility index (Phi) is 4.04. The lowest BCUT2D eigenvalue weighted by Crippen LogP contribution is -2.17. The third kappa shape index (κ3) is 2.38. The van der Waals surface area contributed by atoms with Gasteiger partial charge in [-0.2, -0.15) is 0 Å². The van der Waals surface area contributed by atoms with E-state index in [0.717, 1.165) is 0 Å². The number of aliphatic carboxylic acids is 1. The van der Waals surface area contributed by atoms with Crippen molar-refractivity contribution in [1.29, 1.82) is 0 Å². The highest BCUT2D eigenvalue weighted by Gasteiger charge is 2.12. The van der Waals surface area contributed by atoms with Crippen LogP contribution >= 0.6 is 0 Å². The van der Waals surface area contributed by atoms with Crippen LogP contribution in [0.15, 0.2) is 16.3 Å². The molecule has 0 saturated carbocycles. The van der Waals surface area contributed by atoms with Crippen molar-refractivity contribution in [2.24, 2.45) is 10.7 Å². The third-order valence-electron chi connectivity index (χ3n) is 1.64. The number of hydrogen-bond donors (Lipinski definition) is 2. The topological polar surface area (TPSA) is 75.7 Å². The molecule has 0 fully saturated rings. The Morgan fingerprint density at radius 2 is 2.08 bits per heavy atom. The summed E-state index contributed by atoms with van der Waals surface area (Å²) in [6.45, 7) is 3.53. The van der Waals surface area contributed by atoms with Gasteiger partial charge in [-0.05, 0) is 13.3 Å². The van der Waals surface area contributed by atoms with Crippen molar-refractivity contribution in [3.05, 3.63) is 11.3 Å². The van der Waals surface area contributed by atoms with Crippen molar-refractivity contribution in [3.8, 4) is 0 Å². The molecular formula is C8H14N2O2. The zero-order chi connectivity index (χ0) is 9.72. The van der Waals surface area contributed by atoms with Crippen LogP contribution in [0.25, 0.3) is 0 Å². The Hall–Kier alpha value is -1.32. The monoisotopic (exact) mass is 170 g/mol. The summed E-state index contributed by atoms with van der Waals surface area (Å²) in [6.07, 6.45) is 0.637. The molecule has 0 radical (unpaired) electrons. The zero-order valence-corrected chi connectivity index (χ0v) is 7.59. The summed E-state index contributed by atoms with van der Waals surface area (Å²) in [6, 6.07) is 0. The molecule has 68 valence electrons.